The summed E-state index contributed by atoms with van der Waals surface area (Å²) >= 11 is 0. The molecule has 28 heavy (non-hydrogen) atoms. The molecule has 0 bridgehead atoms. The zero-order chi connectivity index (χ0) is 19.7. The summed E-state index contributed by atoms with van der Waals surface area (Å²) in [5.74, 6) is 0.889. The summed E-state index contributed by atoms with van der Waals surface area (Å²) < 4.78 is 5.22. The molecule has 2 amide bonds. The van der Waals surface area contributed by atoms with E-state index in [1.807, 2.05) is 41.3 Å². The lowest BCUT2D eigenvalue weighted by atomic mass is 9.94. The second kappa shape index (κ2) is 7.30. The van der Waals surface area contributed by atoms with E-state index in [-0.39, 0.29) is 18.4 Å². The van der Waals surface area contributed by atoms with Crippen LogP contribution in [0.15, 0.2) is 48.5 Å². The number of aryl methyl sites for hydroxylation is 1. The Kier molecular flexibility index (Phi) is 4.84. The van der Waals surface area contributed by atoms with Gasteiger partial charge in [-0.15, -0.1) is 0 Å². The molecule has 2 aliphatic rings. The van der Waals surface area contributed by atoms with E-state index in [2.05, 4.69) is 19.1 Å². The van der Waals surface area contributed by atoms with Crippen LogP contribution in [0.3, 0.4) is 0 Å². The maximum absolute atomic E-state index is 13.2. The zero-order valence-electron chi connectivity index (χ0n) is 16.5. The van der Waals surface area contributed by atoms with E-state index >= 15 is 0 Å². The number of amides is 2. The molecule has 146 valence electrons. The number of rotatable bonds is 5. The molecule has 2 aromatic rings. The largest absolute Gasteiger partial charge is 0.497 e. The lowest BCUT2D eigenvalue weighted by Gasteiger charge is -2.36. The molecule has 2 aromatic carbocycles. The van der Waals surface area contributed by atoms with Gasteiger partial charge in [0.2, 0.25) is 11.8 Å². The van der Waals surface area contributed by atoms with Crippen molar-refractivity contribution in [3.05, 3.63) is 65.2 Å². The van der Waals surface area contributed by atoms with Gasteiger partial charge in [0.05, 0.1) is 19.1 Å². The highest BCUT2D eigenvalue weighted by atomic mass is 16.5. The van der Waals surface area contributed by atoms with Gasteiger partial charge in [-0.25, -0.2) is 0 Å². The maximum Gasteiger partial charge on any atom is 0.242 e. The van der Waals surface area contributed by atoms with Crippen LogP contribution in [0.5, 0.6) is 5.75 Å². The minimum absolute atomic E-state index is 0.0200. The first kappa shape index (κ1) is 18.5. The SMILES string of the molecule is COc1ccc(C2(C(=O)N3CCN(Cc4cccc(C)c4)C(=O)C3)CC2)cc1. The summed E-state index contributed by atoms with van der Waals surface area (Å²) in [6, 6.07) is 15.9. The number of methoxy groups -OCH3 is 1. The fourth-order valence-electron chi connectivity index (χ4n) is 4.04. The van der Waals surface area contributed by atoms with Crippen LogP contribution >= 0.6 is 0 Å². The molecule has 1 aliphatic heterocycles. The van der Waals surface area contributed by atoms with Gasteiger partial charge in [-0.3, -0.25) is 9.59 Å². The van der Waals surface area contributed by atoms with Gasteiger partial charge in [0.25, 0.3) is 0 Å². The number of carbonyl (C=O) groups excluding carboxylic acids is 2. The van der Waals surface area contributed by atoms with Crippen LogP contribution in [0.4, 0.5) is 0 Å². The minimum Gasteiger partial charge on any atom is -0.497 e. The fourth-order valence-corrected chi connectivity index (χ4v) is 4.04. The molecule has 0 radical (unpaired) electrons. The Morgan fingerprint density at radius 3 is 2.46 bits per heavy atom. The van der Waals surface area contributed by atoms with Gasteiger partial charge < -0.3 is 14.5 Å². The van der Waals surface area contributed by atoms with Crippen molar-refractivity contribution in [1.29, 1.82) is 0 Å². The van der Waals surface area contributed by atoms with Gasteiger partial charge in [-0.2, -0.15) is 0 Å². The van der Waals surface area contributed by atoms with Gasteiger partial charge in [0, 0.05) is 19.6 Å². The zero-order valence-corrected chi connectivity index (χ0v) is 16.5. The van der Waals surface area contributed by atoms with Crippen LogP contribution < -0.4 is 4.74 Å². The first-order chi connectivity index (χ1) is 13.5. The second-order valence-corrected chi connectivity index (χ2v) is 7.84. The van der Waals surface area contributed by atoms with Gasteiger partial charge in [-0.05, 0) is 43.0 Å². The van der Waals surface area contributed by atoms with Crippen molar-refractivity contribution >= 4 is 11.8 Å². The molecule has 5 nitrogen and oxygen atoms in total. The second-order valence-electron chi connectivity index (χ2n) is 7.84. The molecule has 0 atom stereocenters. The lowest BCUT2D eigenvalue weighted by molar-refractivity contribution is -0.147. The molecule has 0 unspecified atom stereocenters. The normalized spacial score (nSPS) is 18.1. The summed E-state index contributed by atoms with van der Waals surface area (Å²) in [5, 5.41) is 0. The predicted octanol–water partition coefficient (Wildman–Crippen LogP) is 2.91. The van der Waals surface area contributed by atoms with E-state index < -0.39 is 5.41 Å². The van der Waals surface area contributed by atoms with E-state index in [1.165, 1.54) is 5.56 Å². The van der Waals surface area contributed by atoms with E-state index in [0.717, 1.165) is 29.7 Å². The average Bonchev–Trinajstić information content (AvgIpc) is 3.51. The Balaban J connectivity index is 1.42. The number of benzene rings is 2. The highest BCUT2D eigenvalue weighted by Crippen LogP contribution is 2.50. The Hall–Kier alpha value is -2.82. The van der Waals surface area contributed by atoms with Crippen molar-refractivity contribution in [2.24, 2.45) is 0 Å². The van der Waals surface area contributed by atoms with Crippen molar-refractivity contribution in [3.63, 3.8) is 0 Å². The van der Waals surface area contributed by atoms with E-state index in [1.54, 1.807) is 12.0 Å². The Bertz CT molecular complexity index is 887. The van der Waals surface area contributed by atoms with E-state index in [0.29, 0.717) is 19.6 Å². The minimum atomic E-state index is -0.453. The van der Waals surface area contributed by atoms with E-state index in [9.17, 15) is 9.59 Å². The molecule has 4 rings (SSSR count). The van der Waals surface area contributed by atoms with Crippen molar-refractivity contribution < 1.29 is 14.3 Å². The first-order valence-electron chi connectivity index (χ1n) is 9.79. The van der Waals surface area contributed by atoms with Crippen LogP contribution in [0.1, 0.15) is 29.5 Å². The quantitative estimate of drug-likeness (QED) is 0.804. The molecular formula is C23H26N2O3. The lowest BCUT2D eigenvalue weighted by Crippen LogP contribution is -2.54. The summed E-state index contributed by atoms with van der Waals surface area (Å²) in [7, 11) is 1.63. The Morgan fingerprint density at radius 2 is 1.86 bits per heavy atom. The molecule has 1 aliphatic carbocycles. The summed E-state index contributed by atoms with van der Waals surface area (Å²) in [4.78, 5) is 29.5. The van der Waals surface area contributed by atoms with Crippen LogP contribution in [-0.4, -0.2) is 48.4 Å². The molecule has 1 saturated heterocycles. The topological polar surface area (TPSA) is 49.9 Å². The third-order valence-electron chi connectivity index (χ3n) is 5.86. The van der Waals surface area contributed by atoms with Crippen LogP contribution in [-0.2, 0) is 21.5 Å². The van der Waals surface area contributed by atoms with Crippen molar-refractivity contribution in [1.82, 2.24) is 9.80 Å². The fraction of sp³-hybridized carbons (Fsp3) is 0.391. The van der Waals surface area contributed by atoms with Crippen molar-refractivity contribution in [2.45, 2.75) is 31.7 Å². The number of hydrogen-bond acceptors (Lipinski definition) is 3. The van der Waals surface area contributed by atoms with E-state index in [4.69, 9.17) is 4.74 Å². The number of hydrogen-bond donors (Lipinski definition) is 0. The van der Waals surface area contributed by atoms with Crippen LogP contribution in [0.2, 0.25) is 0 Å². The van der Waals surface area contributed by atoms with Gasteiger partial charge in [0.1, 0.15) is 5.75 Å². The Labute approximate surface area is 165 Å². The Morgan fingerprint density at radius 1 is 1.11 bits per heavy atom. The summed E-state index contributed by atoms with van der Waals surface area (Å²) in [5.41, 5.74) is 2.89. The number of ether oxygens (including phenoxy) is 1. The number of piperazine rings is 1. The smallest absolute Gasteiger partial charge is 0.242 e. The summed E-state index contributed by atoms with van der Waals surface area (Å²) in [6.07, 6.45) is 1.69. The standard InChI is InChI=1S/C23H26N2O3/c1-17-4-3-5-18(14-17)15-24-12-13-25(16-21(24)26)22(27)23(10-11-23)19-6-8-20(28-2)9-7-19/h3-9,14H,10-13,15-16H2,1-2H3. The highest BCUT2D eigenvalue weighted by Gasteiger charge is 2.53. The maximum atomic E-state index is 13.2. The van der Waals surface area contributed by atoms with Gasteiger partial charge >= 0.3 is 0 Å². The molecule has 1 saturated carbocycles. The summed E-state index contributed by atoms with van der Waals surface area (Å²) in [6.45, 7) is 4.00. The molecule has 0 N–H and O–H groups in total. The van der Waals surface area contributed by atoms with Crippen molar-refractivity contribution in [3.8, 4) is 5.75 Å². The highest BCUT2D eigenvalue weighted by molar-refractivity contribution is 5.94. The molecule has 0 aromatic heterocycles. The first-order valence-corrected chi connectivity index (χ1v) is 9.79. The predicted molar refractivity (Wildman–Crippen MR) is 107 cm³/mol. The number of nitrogens with zero attached hydrogens (tertiary/aromatic N) is 2. The van der Waals surface area contributed by atoms with Crippen LogP contribution in [0, 0.1) is 6.92 Å². The molecule has 5 heteroatoms. The number of carbonyl (C=O) groups is 2. The third kappa shape index (κ3) is 3.49. The molecular weight excluding hydrogens is 352 g/mol. The van der Waals surface area contributed by atoms with Gasteiger partial charge in [0.15, 0.2) is 0 Å². The van der Waals surface area contributed by atoms with Crippen molar-refractivity contribution in [2.75, 3.05) is 26.7 Å². The molecule has 1 heterocycles. The average molecular weight is 378 g/mol. The van der Waals surface area contributed by atoms with Gasteiger partial charge in [-0.1, -0.05) is 42.0 Å². The third-order valence-corrected chi connectivity index (χ3v) is 5.86. The monoisotopic (exact) mass is 378 g/mol. The molecule has 0 spiro atoms. The molecule has 2 fully saturated rings. The van der Waals surface area contributed by atoms with Crippen LogP contribution in [0.25, 0.3) is 0 Å².